The number of halogens is 1. The minimum absolute atomic E-state index is 0.407. The molecule has 3 heterocycles. The first-order chi connectivity index (χ1) is 13.6. The lowest BCUT2D eigenvalue weighted by Crippen LogP contribution is -2.34. The summed E-state index contributed by atoms with van der Waals surface area (Å²) in [5, 5.41) is 27.1. The van der Waals surface area contributed by atoms with Crippen molar-refractivity contribution in [2.75, 3.05) is 23.3 Å². The van der Waals surface area contributed by atoms with E-state index in [1.54, 1.807) is 18.2 Å². The van der Waals surface area contributed by atoms with E-state index in [4.69, 9.17) is 16.9 Å². The zero-order valence-corrected chi connectivity index (χ0v) is 16.1. The van der Waals surface area contributed by atoms with Gasteiger partial charge in [-0.05, 0) is 37.0 Å². The number of aromatic nitrogens is 3. The molecule has 4 rings (SSSR count). The van der Waals surface area contributed by atoms with Crippen LogP contribution in [0, 0.1) is 28.6 Å². The van der Waals surface area contributed by atoms with Gasteiger partial charge < -0.3 is 10.2 Å². The normalized spacial score (nSPS) is 14.6. The second kappa shape index (κ2) is 7.38. The maximum absolute atomic E-state index is 9.94. The number of nitrogens with zero attached hydrogens (tertiary/aromatic N) is 6. The lowest BCUT2D eigenvalue weighted by Gasteiger charge is -2.32. The van der Waals surface area contributed by atoms with E-state index < -0.39 is 0 Å². The molecule has 0 bridgehead atoms. The molecule has 7 nitrogen and oxygen atoms in total. The monoisotopic (exact) mass is 391 g/mol. The summed E-state index contributed by atoms with van der Waals surface area (Å²) in [5.41, 5.74) is 2.11. The van der Waals surface area contributed by atoms with Crippen LogP contribution in [0.15, 0.2) is 30.5 Å². The molecule has 0 atom stereocenters. The summed E-state index contributed by atoms with van der Waals surface area (Å²) in [7, 11) is 0. The van der Waals surface area contributed by atoms with Crippen molar-refractivity contribution in [2.24, 2.45) is 5.92 Å². The van der Waals surface area contributed by atoms with Crippen LogP contribution in [-0.4, -0.2) is 27.7 Å². The van der Waals surface area contributed by atoms with Gasteiger partial charge in [-0.2, -0.15) is 20.1 Å². The van der Waals surface area contributed by atoms with Crippen LogP contribution in [0.2, 0.25) is 5.02 Å². The number of anilines is 3. The zero-order chi connectivity index (χ0) is 19.7. The fourth-order valence-corrected chi connectivity index (χ4v) is 3.59. The maximum Gasteiger partial charge on any atom is 0.178 e. The van der Waals surface area contributed by atoms with Crippen molar-refractivity contribution in [2.45, 2.75) is 19.8 Å². The quantitative estimate of drug-likeness (QED) is 0.722. The summed E-state index contributed by atoms with van der Waals surface area (Å²) in [5.74, 6) is 1.77. The summed E-state index contributed by atoms with van der Waals surface area (Å²) in [6.45, 7) is 3.92. The number of hydrogen-bond donors (Lipinski definition) is 1. The minimum Gasteiger partial charge on any atom is -0.355 e. The number of nitrogens with one attached hydrogen (secondary N) is 1. The van der Waals surface area contributed by atoms with Gasteiger partial charge in [0.2, 0.25) is 0 Å². The first kappa shape index (κ1) is 18.1. The molecule has 28 heavy (non-hydrogen) atoms. The highest BCUT2D eigenvalue weighted by molar-refractivity contribution is 6.33. The van der Waals surface area contributed by atoms with Crippen molar-refractivity contribution in [1.82, 2.24) is 14.6 Å². The summed E-state index contributed by atoms with van der Waals surface area (Å²) in [6.07, 6.45) is 3.62. The van der Waals surface area contributed by atoms with E-state index in [2.05, 4.69) is 39.4 Å². The summed E-state index contributed by atoms with van der Waals surface area (Å²) < 4.78 is 1.54. The van der Waals surface area contributed by atoms with Crippen LogP contribution in [0.3, 0.4) is 0 Å². The van der Waals surface area contributed by atoms with Crippen molar-refractivity contribution in [1.29, 1.82) is 10.5 Å². The Kier molecular flexibility index (Phi) is 4.77. The van der Waals surface area contributed by atoms with Gasteiger partial charge in [0.05, 0.1) is 17.8 Å². The van der Waals surface area contributed by atoms with Gasteiger partial charge >= 0.3 is 0 Å². The van der Waals surface area contributed by atoms with Crippen LogP contribution >= 0.6 is 11.6 Å². The first-order valence-corrected chi connectivity index (χ1v) is 9.48. The Morgan fingerprint density at radius 1 is 1.21 bits per heavy atom. The van der Waals surface area contributed by atoms with E-state index in [-0.39, 0.29) is 0 Å². The summed E-state index contributed by atoms with van der Waals surface area (Å²) in [4.78, 5) is 6.81. The van der Waals surface area contributed by atoms with Crippen LogP contribution in [0.4, 0.5) is 17.3 Å². The maximum atomic E-state index is 9.94. The van der Waals surface area contributed by atoms with Gasteiger partial charge in [0.1, 0.15) is 16.7 Å². The zero-order valence-electron chi connectivity index (χ0n) is 15.4. The molecule has 1 saturated heterocycles. The average Bonchev–Trinajstić information content (AvgIpc) is 3.09. The van der Waals surface area contributed by atoms with E-state index >= 15 is 0 Å². The molecule has 8 heteroatoms. The molecule has 1 aliphatic heterocycles. The highest BCUT2D eigenvalue weighted by atomic mass is 35.5. The predicted octanol–water partition coefficient (Wildman–Crippen LogP) is 4.11. The van der Waals surface area contributed by atoms with Crippen molar-refractivity contribution >= 4 is 34.6 Å². The third-order valence-electron chi connectivity index (χ3n) is 5.03. The molecule has 0 unspecified atom stereocenters. The number of hydrogen-bond acceptors (Lipinski definition) is 6. The highest BCUT2D eigenvalue weighted by Crippen LogP contribution is 2.33. The van der Waals surface area contributed by atoms with E-state index in [1.807, 2.05) is 6.07 Å². The molecule has 1 aromatic carbocycles. The van der Waals surface area contributed by atoms with Gasteiger partial charge in [-0.15, -0.1) is 0 Å². The Balaban J connectivity index is 1.86. The molecule has 1 fully saturated rings. The predicted molar refractivity (Wildman–Crippen MR) is 108 cm³/mol. The molecule has 0 spiro atoms. The van der Waals surface area contributed by atoms with Crippen LogP contribution in [0.25, 0.3) is 5.65 Å². The van der Waals surface area contributed by atoms with Gasteiger partial charge in [0.25, 0.3) is 0 Å². The lowest BCUT2D eigenvalue weighted by atomic mass is 9.99. The number of benzene rings is 1. The Bertz CT molecular complexity index is 1110. The Labute approximate surface area is 167 Å². The fourth-order valence-electron chi connectivity index (χ4n) is 3.43. The Morgan fingerprint density at radius 3 is 2.71 bits per heavy atom. The first-order valence-electron chi connectivity index (χ1n) is 9.10. The number of rotatable bonds is 3. The number of fused-ring (bicyclic) bond motifs is 1. The fraction of sp³-hybridized carbons (Fsp3) is 0.300. The molecular formula is C20H18ClN7. The average molecular weight is 392 g/mol. The second-order valence-electron chi connectivity index (χ2n) is 6.99. The molecule has 0 radical (unpaired) electrons. The molecule has 3 aromatic rings. The third kappa shape index (κ3) is 3.21. The van der Waals surface area contributed by atoms with Crippen molar-refractivity contribution in [3.8, 4) is 12.1 Å². The molecular weight excluding hydrogens is 374 g/mol. The van der Waals surface area contributed by atoms with Crippen LogP contribution in [0.5, 0.6) is 0 Å². The molecule has 1 N–H and O–H groups in total. The van der Waals surface area contributed by atoms with Crippen LogP contribution in [0.1, 0.15) is 30.9 Å². The van der Waals surface area contributed by atoms with Crippen molar-refractivity contribution < 1.29 is 0 Å². The van der Waals surface area contributed by atoms with Gasteiger partial charge in [0, 0.05) is 18.8 Å². The van der Waals surface area contributed by atoms with Crippen molar-refractivity contribution in [3.63, 3.8) is 0 Å². The number of nitriles is 2. The van der Waals surface area contributed by atoms with E-state index in [0.717, 1.165) is 25.9 Å². The van der Waals surface area contributed by atoms with E-state index in [9.17, 15) is 5.26 Å². The van der Waals surface area contributed by atoms with Crippen LogP contribution < -0.4 is 10.2 Å². The molecule has 140 valence electrons. The number of piperidine rings is 1. The standard InChI is InChI=1S/C20H18ClN7/c1-13-5-7-27(8-6-13)18-16(11-23)19(28-20(26-18)17(21)12-24-28)25-15-4-2-3-14(9-15)10-22/h2-4,9,12-13,25H,5-8H2,1H3. The van der Waals surface area contributed by atoms with Gasteiger partial charge in [-0.3, -0.25) is 0 Å². The van der Waals surface area contributed by atoms with E-state index in [0.29, 0.717) is 45.0 Å². The Morgan fingerprint density at radius 2 is 2.00 bits per heavy atom. The summed E-state index contributed by atoms with van der Waals surface area (Å²) >= 11 is 6.31. The largest absolute Gasteiger partial charge is 0.355 e. The highest BCUT2D eigenvalue weighted by Gasteiger charge is 2.25. The van der Waals surface area contributed by atoms with Crippen LogP contribution in [-0.2, 0) is 0 Å². The molecule has 2 aromatic heterocycles. The Hall–Kier alpha value is -3.29. The smallest absolute Gasteiger partial charge is 0.178 e. The molecule has 1 aliphatic rings. The van der Waals surface area contributed by atoms with Gasteiger partial charge in [0.15, 0.2) is 17.3 Å². The van der Waals surface area contributed by atoms with Gasteiger partial charge in [-0.25, -0.2) is 4.98 Å². The second-order valence-corrected chi connectivity index (χ2v) is 7.39. The molecule has 0 amide bonds. The minimum atomic E-state index is 0.407. The topological polar surface area (TPSA) is 93.0 Å². The third-order valence-corrected chi connectivity index (χ3v) is 5.30. The molecule has 0 aliphatic carbocycles. The van der Waals surface area contributed by atoms with Gasteiger partial charge in [-0.1, -0.05) is 24.6 Å². The van der Waals surface area contributed by atoms with Crippen molar-refractivity contribution in [3.05, 3.63) is 46.6 Å². The summed E-state index contributed by atoms with van der Waals surface area (Å²) in [6, 6.07) is 11.5. The lowest BCUT2D eigenvalue weighted by molar-refractivity contribution is 0.436. The SMILES string of the molecule is CC1CCN(c2nc3c(Cl)cnn3c(Nc3cccc(C#N)c3)c2C#N)CC1. The van der Waals surface area contributed by atoms with E-state index in [1.165, 1.54) is 10.7 Å². The molecule has 0 saturated carbocycles.